The lowest BCUT2D eigenvalue weighted by Gasteiger charge is -2.31. The molecule has 0 saturated carbocycles. The summed E-state index contributed by atoms with van der Waals surface area (Å²) in [5.41, 5.74) is 0.973. The van der Waals surface area contributed by atoms with Gasteiger partial charge in [0.15, 0.2) is 0 Å². The van der Waals surface area contributed by atoms with Crippen LogP contribution in [0.25, 0.3) is 0 Å². The smallest absolute Gasteiger partial charge is 0.325 e. The summed E-state index contributed by atoms with van der Waals surface area (Å²) in [4.78, 5) is 16.6. The first-order valence-corrected chi connectivity index (χ1v) is 6.62. The summed E-state index contributed by atoms with van der Waals surface area (Å²) in [6, 6.07) is 2.29. The van der Waals surface area contributed by atoms with E-state index in [1.807, 2.05) is 19.2 Å². The van der Waals surface area contributed by atoms with Crippen molar-refractivity contribution in [3.63, 3.8) is 0 Å². The van der Waals surface area contributed by atoms with Crippen molar-refractivity contribution in [1.82, 2.24) is 19.6 Å². The fourth-order valence-electron chi connectivity index (χ4n) is 2.70. The van der Waals surface area contributed by atoms with Crippen molar-refractivity contribution in [3.05, 3.63) is 40.4 Å². The Morgan fingerprint density at radius 1 is 1.47 bits per heavy atom. The Morgan fingerprint density at radius 2 is 2.26 bits per heavy atom. The van der Waals surface area contributed by atoms with Crippen molar-refractivity contribution < 1.29 is 4.52 Å². The summed E-state index contributed by atoms with van der Waals surface area (Å²) in [6.07, 6.45) is 5.53. The minimum absolute atomic E-state index is 0.00873. The van der Waals surface area contributed by atoms with Crippen LogP contribution in [-0.4, -0.2) is 32.7 Å². The number of aromatic nitrogens is 3. The first-order chi connectivity index (χ1) is 9.22. The highest BCUT2D eigenvalue weighted by molar-refractivity contribution is 5.03. The molecule has 6 nitrogen and oxygen atoms in total. The van der Waals surface area contributed by atoms with E-state index in [4.69, 9.17) is 4.52 Å². The molecule has 1 saturated heterocycles. The number of likely N-dealkylation sites (tertiary alicyclic amines) is 1. The van der Waals surface area contributed by atoms with E-state index in [2.05, 4.69) is 15.0 Å². The summed E-state index contributed by atoms with van der Waals surface area (Å²) in [5.74, 6) is 0.851. The first-order valence-electron chi connectivity index (χ1n) is 6.62. The molecule has 0 bridgehead atoms. The molecule has 0 aromatic carbocycles. The molecule has 3 heterocycles. The molecule has 0 unspecified atom stereocenters. The van der Waals surface area contributed by atoms with E-state index in [1.165, 1.54) is 0 Å². The maximum absolute atomic E-state index is 11.6. The topological polar surface area (TPSA) is 67.1 Å². The predicted octanol–water partition coefficient (Wildman–Crippen LogP) is 1.31. The molecule has 1 aliphatic rings. The van der Waals surface area contributed by atoms with Crippen molar-refractivity contribution >= 4 is 0 Å². The molecule has 0 amide bonds. The van der Waals surface area contributed by atoms with E-state index >= 15 is 0 Å². The van der Waals surface area contributed by atoms with Gasteiger partial charge in [-0.2, -0.15) is 0 Å². The normalized spacial score (nSPS) is 17.9. The van der Waals surface area contributed by atoms with Crippen LogP contribution in [0.4, 0.5) is 0 Å². The number of aromatic amines is 1. The van der Waals surface area contributed by atoms with Crippen molar-refractivity contribution in [1.29, 1.82) is 0 Å². The maximum Gasteiger partial charge on any atom is 0.325 e. The maximum atomic E-state index is 11.6. The molecule has 3 rings (SSSR count). The zero-order valence-electron chi connectivity index (χ0n) is 11.0. The van der Waals surface area contributed by atoms with Crippen LogP contribution in [0, 0.1) is 6.92 Å². The van der Waals surface area contributed by atoms with E-state index in [0.717, 1.165) is 43.9 Å². The minimum atomic E-state index is -0.00873. The Kier molecular flexibility index (Phi) is 3.25. The number of nitrogens with zero attached hydrogens (tertiary/aromatic N) is 3. The van der Waals surface area contributed by atoms with E-state index in [-0.39, 0.29) is 5.69 Å². The number of hydrogen-bond donors (Lipinski definition) is 1. The van der Waals surface area contributed by atoms with Gasteiger partial charge in [0.2, 0.25) is 0 Å². The van der Waals surface area contributed by atoms with Gasteiger partial charge in [-0.05, 0) is 19.8 Å². The van der Waals surface area contributed by atoms with Crippen LogP contribution in [0.1, 0.15) is 30.3 Å². The summed E-state index contributed by atoms with van der Waals surface area (Å²) in [6.45, 7) is 4.69. The third kappa shape index (κ3) is 2.63. The number of rotatable bonds is 3. The van der Waals surface area contributed by atoms with Crippen LogP contribution in [0.5, 0.6) is 0 Å². The largest absolute Gasteiger partial charge is 0.361 e. The van der Waals surface area contributed by atoms with Crippen LogP contribution in [0.15, 0.2) is 27.8 Å². The quantitative estimate of drug-likeness (QED) is 0.905. The van der Waals surface area contributed by atoms with Gasteiger partial charge >= 0.3 is 5.69 Å². The molecule has 2 aromatic heterocycles. The summed E-state index contributed by atoms with van der Waals surface area (Å²) >= 11 is 0. The second-order valence-corrected chi connectivity index (χ2v) is 5.11. The van der Waals surface area contributed by atoms with Crippen molar-refractivity contribution in [2.75, 3.05) is 13.1 Å². The third-order valence-electron chi connectivity index (χ3n) is 3.69. The zero-order valence-corrected chi connectivity index (χ0v) is 11.0. The Balaban J connectivity index is 1.58. The number of imidazole rings is 1. The summed E-state index contributed by atoms with van der Waals surface area (Å²) in [7, 11) is 0. The van der Waals surface area contributed by atoms with Gasteiger partial charge in [-0.3, -0.25) is 9.47 Å². The molecule has 6 heteroatoms. The van der Waals surface area contributed by atoms with Crippen LogP contribution < -0.4 is 5.69 Å². The average Bonchev–Trinajstić information content (AvgIpc) is 3.00. The van der Waals surface area contributed by atoms with Crippen LogP contribution in [-0.2, 0) is 6.54 Å². The van der Waals surface area contributed by atoms with E-state index in [0.29, 0.717) is 6.04 Å². The minimum Gasteiger partial charge on any atom is -0.361 e. The number of piperidine rings is 1. The van der Waals surface area contributed by atoms with Crippen molar-refractivity contribution in [3.8, 4) is 0 Å². The monoisotopic (exact) mass is 262 g/mol. The van der Waals surface area contributed by atoms with Crippen LogP contribution in [0.3, 0.4) is 0 Å². The number of nitrogens with one attached hydrogen (secondary N) is 1. The SMILES string of the molecule is Cc1cc(CN2CCC(n3cc[nH]c3=O)CC2)no1. The molecular formula is C13H18N4O2. The second kappa shape index (κ2) is 5.05. The second-order valence-electron chi connectivity index (χ2n) is 5.11. The molecule has 0 aliphatic carbocycles. The molecule has 1 N–H and O–H groups in total. The Hall–Kier alpha value is -1.82. The van der Waals surface area contributed by atoms with Gasteiger partial charge in [-0.15, -0.1) is 0 Å². The van der Waals surface area contributed by atoms with Gasteiger partial charge < -0.3 is 9.51 Å². The third-order valence-corrected chi connectivity index (χ3v) is 3.69. The highest BCUT2D eigenvalue weighted by atomic mass is 16.5. The molecule has 0 spiro atoms. The molecule has 0 radical (unpaired) electrons. The molecule has 2 aromatic rings. The molecular weight excluding hydrogens is 244 g/mol. The molecule has 1 aliphatic heterocycles. The Morgan fingerprint density at radius 3 is 2.84 bits per heavy atom. The molecule has 102 valence electrons. The van der Waals surface area contributed by atoms with E-state index in [1.54, 1.807) is 10.8 Å². The van der Waals surface area contributed by atoms with Gasteiger partial charge in [0.1, 0.15) is 5.76 Å². The highest BCUT2D eigenvalue weighted by Gasteiger charge is 2.22. The lowest BCUT2D eigenvalue weighted by atomic mass is 10.0. The first kappa shape index (κ1) is 12.2. The zero-order chi connectivity index (χ0) is 13.2. The standard InChI is InChI=1S/C13H18N4O2/c1-10-8-11(15-19-10)9-16-5-2-12(3-6-16)17-7-4-14-13(17)18/h4,7-8,12H,2-3,5-6,9H2,1H3,(H,14,18). The van der Waals surface area contributed by atoms with Gasteiger partial charge in [0.05, 0.1) is 5.69 Å². The summed E-state index contributed by atoms with van der Waals surface area (Å²) < 4.78 is 6.88. The fraction of sp³-hybridized carbons (Fsp3) is 0.538. The molecule has 19 heavy (non-hydrogen) atoms. The Bertz CT molecular complexity index is 590. The lowest BCUT2D eigenvalue weighted by Crippen LogP contribution is -2.36. The highest BCUT2D eigenvalue weighted by Crippen LogP contribution is 2.22. The molecule has 0 atom stereocenters. The molecule has 1 fully saturated rings. The number of hydrogen-bond acceptors (Lipinski definition) is 4. The van der Waals surface area contributed by atoms with Crippen molar-refractivity contribution in [2.24, 2.45) is 0 Å². The number of aryl methyl sites for hydroxylation is 1. The van der Waals surface area contributed by atoms with Gasteiger partial charge in [0.25, 0.3) is 0 Å². The van der Waals surface area contributed by atoms with Crippen LogP contribution >= 0.6 is 0 Å². The van der Waals surface area contributed by atoms with Gasteiger partial charge in [-0.1, -0.05) is 5.16 Å². The Labute approximate surface area is 111 Å². The predicted molar refractivity (Wildman–Crippen MR) is 69.8 cm³/mol. The lowest BCUT2D eigenvalue weighted by molar-refractivity contribution is 0.174. The average molecular weight is 262 g/mol. The van der Waals surface area contributed by atoms with Crippen LogP contribution in [0.2, 0.25) is 0 Å². The van der Waals surface area contributed by atoms with E-state index in [9.17, 15) is 4.79 Å². The van der Waals surface area contributed by atoms with E-state index < -0.39 is 0 Å². The van der Waals surface area contributed by atoms with Gasteiger partial charge in [0, 0.05) is 44.1 Å². The summed E-state index contributed by atoms with van der Waals surface area (Å²) in [5, 5.41) is 4.02. The number of H-pyrrole nitrogens is 1. The van der Waals surface area contributed by atoms with Crippen molar-refractivity contribution in [2.45, 2.75) is 32.4 Å². The van der Waals surface area contributed by atoms with Gasteiger partial charge in [-0.25, -0.2) is 4.79 Å². The fourth-order valence-corrected chi connectivity index (χ4v) is 2.70.